The molecule has 0 saturated heterocycles. The molecular formula is C17H15FN4O3S. The predicted molar refractivity (Wildman–Crippen MR) is 94.6 cm³/mol. The van der Waals surface area contributed by atoms with Gasteiger partial charge in [0, 0.05) is 10.9 Å². The summed E-state index contributed by atoms with van der Waals surface area (Å²) in [7, 11) is 0. The molecule has 0 aliphatic heterocycles. The van der Waals surface area contributed by atoms with Crippen LogP contribution in [0.5, 0.6) is 0 Å². The van der Waals surface area contributed by atoms with Gasteiger partial charge in [-0.3, -0.25) is 9.36 Å². The Balaban J connectivity index is 1.88. The molecule has 1 aromatic carbocycles. The zero-order valence-corrected chi connectivity index (χ0v) is 14.8. The molecule has 26 heavy (non-hydrogen) atoms. The summed E-state index contributed by atoms with van der Waals surface area (Å²) in [6.07, 6.45) is 1.44. The molecule has 2 aromatic heterocycles. The Bertz CT molecular complexity index is 949. The van der Waals surface area contributed by atoms with Gasteiger partial charge in [-0.2, -0.15) is 0 Å². The van der Waals surface area contributed by atoms with Crippen LogP contribution in [-0.2, 0) is 14.3 Å². The van der Waals surface area contributed by atoms with Crippen molar-refractivity contribution in [1.82, 2.24) is 14.5 Å². The van der Waals surface area contributed by atoms with Gasteiger partial charge in [0.1, 0.15) is 17.5 Å². The topological polar surface area (TPSA) is 86.1 Å². The van der Waals surface area contributed by atoms with Crippen molar-refractivity contribution in [1.29, 1.82) is 0 Å². The molecule has 0 aliphatic carbocycles. The molecule has 1 N–H and O–H groups in total. The Labute approximate surface area is 152 Å². The van der Waals surface area contributed by atoms with Gasteiger partial charge in [0.15, 0.2) is 5.13 Å². The van der Waals surface area contributed by atoms with Crippen molar-refractivity contribution in [3.8, 4) is 16.4 Å². The number of benzene rings is 1. The Morgan fingerprint density at radius 1 is 1.31 bits per heavy atom. The molecule has 0 saturated carbocycles. The van der Waals surface area contributed by atoms with Crippen molar-refractivity contribution in [2.24, 2.45) is 0 Å². The number of carbonyl (C=O) groups is 2. The number of anilines is 1. The van der Waals surface area contributed by atoms with E-state index in [9.17, 15) is 14.0 Å². The lowest BCUT2D eigenvalue weighted by Gasteiger charge is -2.08. The van der Waals surface area contributed by atoms with Crippen LogP contribution in [0.1, 0.15) is 12.7 Å². The first-order chi connectivity index (χ1) is 12.5. The quantitative estimate of drug-likeness (QED) is 0.560. The van der Waals surface area contributed by atoms with Crippen LogP contribution in [0, 0.1) is 12.7 Å². The minimum Gasteiger partial charge on any atom is -0.459 e. The summed E-state index contributed by atoms with van der Waals surface area (Å²) in [6, 6.07) is 6.00. The number of ether oxygens (including phenoxy) is 1. The van der Waals surface area contributed by atoms with Crippen molar-refractivity contribution < 1.29 is 18.7 Å². The molecule has 3 aromatic rings. The molecule has 0 unspecified atom stereocenters. The first-order valence-corrected chi connectivity index (χ1v) is 8.62. The van der Waals surface area contributed by atoms with E-state index >= 15 is 0 Å². The second-order valence-corrected chi connectivity index (χ2v) is 6.06. The Morgan fingerprint density at radius 2 is 2.04 bits per heavy atom. The van der Waals surface area contributed by atoms with Gasteiger partial charge >= 0.3 is 11.9 Å². The van der Waals surface area contributed by atoms with Gasteiger partial charge in [0.05, 0.1) is 18.5 Å². The number of carbonyl (C=O) groups excluding carboxylic acids is 2. The minimum atomic E-state index is -0.968. The number of hydrogen-bond acceptors (Lipinski definition) is 6. The average Bonchev–Trinajstić information content (AvgIpc) is 3.22. The third-order valence-corrected chi connectivity index (χ3v) is 4.29. The van der Waals surface area contributed by atoms with E-state index in [2.05, 4.69) is 20.0 Å². The van der Waals surface area contributed by atoms with Crippen LogP contribution in [-0.4, -0.2) is 33.0 Å². The molecule has 0 radical (unpaired) electrons. The Kier molecular flexibility index (Phi) is 5.08. The first kappa shape index (κ1) is 17.7. The molecule has 9 heteroatoms. The van der Waals surface area contributed by atoms with Crippen molar-refractivity contribution >= 4 is 29.0 Å². The maximum Gasteiger partial charge on any atom is 0.397 e. The van der Waals surface area contributed by atoms with Crippen LogP contribution in [0.25, 0.3) is 16.4 Å². The third kappa shape index (κ3) is 3.62. The normalized spacial score (nSPS) is 10.6. The highest BCUT2D eigenvalue weighted by Crippen LogP contribution is 2.27. The van der Waals surface area contributed by atoms with E-state index in [0.29, 0.717) is 22.5 Å². The molecule has 0 atom stereocenters. The van der Waals surface area contributed by atoms with E-state index < -0.39 is 11.9 Å². The molecule has 0 fully saturated rings. The second kappa shape index (κ2) is 7.44. The number of rotatable bonds is 4. The molecule has 0 aliphatic rings. The first-order valence-electron chi connectivity index (χ1n) is 7.74. The summed E-state index contributed by atoms with van der Waals surface area (Å²) in [5.74, 6) is -1.28. The molecule has 0 spiro atoms. The number of esters is 1. The lowest BCUT2D eigenvalue weighted by Crippen LogP contribution is -2.26. The van der Waals surface area contributed by atoms with E-state index in [0.717, 1.165) is 5.56 Å². The van der Waals surface area contributed by atoms with Crippen molar-refractivity contribution in [2.45, 2.75) is 13.8 Å². The summed E-state index contributed by atoms with van der Waals surface area (Å²) in [5, 5.41) is 4.85. The van der Waals surface area contributed by atoms with E-state index in [-0.39, 0.29) is 12.4 Å². The molecular weight excluding hydrogens is 359 g/mol. The molecule has 2 heterocycles. The van der Waals surface area contributed by atoms with Gasteiger partial charge in [-0.15, -0.1) is 11.3 Å². The number of imidazole rings is 1. The fraction of sp³-hybridized carbons (Fsp3) is 0.176. The van der Waals surface area contributed by atoms with Gasteiger partial charge in [0.2, 0.25) is 0 Å². The number of aryl methyl sites for hydroxylation is 1. The van der Waals surface area contributed by atoms with Gasteiger partial charge in [-0.25, -0.2) is 19.2 Å². The maximum absolute atomic E-state index is 13.1. The van der Waals surface area contributed by atoms with Crippen molar-refractivity contribution in [2.75, 3.05) is 11.9 Å². The van der Waals surface area contributed by atoms with Gasteiger partial charge in [-0.1, -0.05) is 0 Å². The number of aromatic nitrogens is 3. The molecule has 0 bridgehead atoms. The second-order valence-electron chi connectivity index (χ2n) is 5.22. The van der Waals surface area contributed by atoms with Crippen LogP contribution >= 0.6 is 11.3 Å². The van der Waals surface area contributed by atoms with E-state index in [1.807, 2.05) is 5.38 Å². The van der Waals surface area contributed by atoms with Crippen molar-refractivity contribution in [3.63, 3.8) is 0 Å². The SMILES string of the molecule is CCOC(=O)C(=O)Nc1cnc(C)n1-c1nc(-c2ccc(F)cc2)cs1. The third-order valence-electron chi connectivity index (χ3n) is 3.46. The minimum absolute atomic E-state index is 0.109. The van der Waals surface area contributed by atoms with Crippen LogP contribution in [0.3, 0.4) is 0 Å². The number of halogens is 1. The number of nitrogens with zero attached hydrogens (tertiary/aromatic N) is 3. The zero-order chi connectivity index (χ0) is 18.7. The lowest BCUT2D eigenvalue weighted by molar-refractivity contribution is -0.152. The number of nitrogens with one attached hydrogen (secondary N) is 1. The smallest absolute Gasteiger partial charge is 0.397 e. The monoisotopic (exact) mass is 374 g/mol. The fourth-order valence-corrected chi connectivity index (χ4v) is 3.15. The van der Waals surface area contributed by atoms with E-state index in [1.54, 1.807) is 30.5 Å². The molecule has 134 valence electrons. The summed E-state index contributed by atoms with van der Waals surface area (Å²) >= 11 is 1.33. The van der Waals surface area contributed by atoms with Crippen LogP contribution in [0.15, 0.2) is 35.8 Å². The summed E-state index contributed by atoms with van der Waals surface area (Å²) < 4.78 is 19.4. The van der Waals surface area contributed by atoms with Crippen LogP contribution in [0.4, 0.5) is 10.2 Å². The molecule has 1 amide bonds. The highest BCUT2D eigenvalue weighted by molar-refractivity contribution is 7.12. The standard InChI is InChI=1S/C17H15FN4O3S/c1-3-25-16(24)15(23)21-14-8-19-10(2)22(14)17-20-13(9-26-17)11-4-6-12(18)7-5-11/h4-9H,3H2,1-2H3,(H,21,23). The molecule has 3 rings (SSSR count). The van der Waals surface area contributed by atoms with E-state index in [1.165, 1.54) is 29.7 Å². The maximum atomic E-state index is 13.1. The highest BCUT2D eigenvalue weighted by atomic mass is 32.1. The van der Waals surface area contributed by atoms with Crippen molar-refractivity contribution in [3.05, 3.63) is 47.5 Å². The van der Waals surface area contributed by atoms with Crippen LogP contribution < -0.4 is 5.32 Å². The van der Waals surface area contributed by atoms with Gasteiger partial charge < -0.3 is 10.1 Å². The summed E-state index contributed by atoms with van der Waals surface area (Å²) in [6.45, 7) is 3.48. The number of thiazole rings is 1. The predicted octanol–water partition coefficient (Wildman–Crippen LogP) is 2.94. The highest BCUT2D eigenvalue weighted by Gasteiger charge is 2.20. The lowest BCUT2D eigenvalue weighted by atomic mass is 10.2. The van der Waals surface area contributed by atoms with Gasteiger partial charge in [0.25, 0.3) is 0 Å². The zero-order valence-electron chi connectivity index (χ0n) is 14.0. The molecule has 7 nitrogen and oxygen atoms in total. The summed E-state index contributed by atoms with van der Waals surface area (Å²) in [4.78, 5) is 32.1. The Morgan fingerprint density at radius 3 is 2.73 bits per heavy atom. The number of amides is 1. The van der Waals surface area contributed by atoms with E-state index in [4.69, 9.17) is 0 Å². The summed E-state index contributed by atoms with van der Waals surface area (Å²) in [5.41, 5.74) is 1.43. The fourth-order valence-electron chi connectivity index (χ4n) is 2.26. The van der Waals surface area contributed by atoms with Gasteiger partial charge in [-0.05, 0) is 38.1 Å². The van der Waals surface area contributed by atoms with Crippen LogP contribution in [0.2, 0.25) is 0 Å². The number of hydrogen-bond donors (Lipinski definition) is 1. The largest absolute Gasteiger partial charge is 0.459 e. The Hall–Kier alpha value is -3.07. The average molecular weight is 374 g/mol.